The molecular formula is C15H22N2O3. The molecule has 5 nitrogen and oxygen atoms in total. The third-order valence-corrected chi connectivity index (χ3v) is 4.01. The first-order chi connectivity index (χ1) is 9.60. The number of carboxylic acids is 1. The number of rotatable bonds is 5. The van der Waals surface area contributed by atoms with Crippen LogP contribution in [0.5, 0.6) is 5.75 Å². The summed E-state index contributed by atoms with van der Waals surface area (Å²) in [6.45, 7) is 5.78. The van der Waals surface area contributed by atoms with E-state index in [2.05, 4.69) is 17.0 Å². The van der Waals surface area contributed by atoms with Gasteiger partial charge in [0.05, 0.1) is 39.3 Å². The van der Waals surface area contributed by atoms with Gasteiger partial charge in [-0.25, -0.2) is 0 Å². The number of hydrogen-bond acceptors (Lipinski definition) is 4. The lowest BCUT2D eigenvalue weighted by Gasteiger charge is -2.36. The molecule has 1 heterocycles. The normalized spacial score (nSPS) is 17.8. The maximum absolute atomic E-state index is 10.7. The monoisotopic (exact) mass is 278 g/mol. The van der Waals surface area contributed by atoms with E-state index in [0.717, 1.165) is 31.9 Å². The molecule has 1 N–H and O–H groups in total. The number of piperazine rings is 1. The van der Waals surface area contributed by atoms with Crippen LogP contribution in [0.15, 0.2) is 24.3 Å². The highest BCUT2D eigenvalue weighted by molar-refractivity contribution is 5.64. The van der Waals surface area contributed by atoms with Crippen LogP contribution in [0, 0.1) is 0 Å². The molecule has 0 amide bonds. The van der Waals surface area contributed by atoms with Gasteiger partial charge in [-0.1, -0.05) is 0 Å². The highest BCUT2D eigenvalue weighted by Crippen LogP contribution is 2.18. The number of carboxylic acid groups (broad SMARTS) is 1. The van der Waals surface area contributed by atoms with Crippen molar-refractivity contribution in [3.8, 4) is 5.75 Å². The molecule has 20 heavy (non-hydrogen) atoms. The minimum absolute atomic E-state index is 0.123. The van der Waals surface area contributed by atoms with E-state index in [9.17, 15) is 9.90 Å². The second kappa shape index (κ2) is 6.61. The molecule has 1 saturated heterocycles. The molecule has 1 aromatic carbocycles. The highest BCUT2D eigenvalue weighted by Gasteiger charge is 2.24. The van der Waals surface area contributed by atoms with E-state index in [1.165, 1.54) is 10.6 Å². The number of methoxy groups -OCH3 is 1. The Labute approximate surface area is 119 Å². The second-order valence-electron chi connectivity index (χ2n) is 5.32. The van der Waals surface area contributed by atoms with Crippen LogP contribution in [0.4, 0.5) is 5.69 Å². The maximum atomic E-state index is 10.7. The van der Waals surface area contributed by atoms with Crippen LogP contribution in [0.1, 0.15) is 13.3 Å². The van der Waals surface area contributed by atoms with Crippen molar-refractivity contribution < 1.29 is 19.5 Å². The molecule has 0 unspecified atom stereocenters. The van der Waals surface area contributed by atoms with Crippen LogP contribution < -0.4 is 19.6 Å². The number of aliphatic carboxylic acids is 1. The van der Waals surface area contributed by atoms with Gasteiger partial charge in [0.25, 0.3) is 0 Å². The Morgan fingerprint density at radius 2 is 1.95 bits per heavy atom. The van der Waals surface area contributed by atoms with Crippen molar-refractivity contribution in [1.29, 1.82) is 0 Å². The lowest BCUT2D eigenvalue weighted by Crippen LogP contribution is -3.18. The lowest BCUT2D eigenvalue weighted by atomic mass is 10.1. The van der Waals surface area contributed by atoms with Crippen LogP contribution >= 0.6 is 0 Å². The Kier molecular flexibility index (Phi) is 4.84. The standard InChI is InChI=1S/C15H22N2O3/c1-12(11-15(18)19)16-7-9-17(10-8-16)13-3-5-14(20-2)6-4-13/h3-6,12H,7-11H2,1-2H3,(H,18,19)/t12-/m0/s1. The molecule has 1 fully saturated rings. The first-order valence-electron chi connectivity index (χ1n) is 7.03. The summed E-state index contributed by atoms with van der Waals surface area (Å²) < 4.78 is 5.16. The van der Waals surface area contributed by atoms with E-state index in [0.29, 0.717) is 0 Å². The summed E-state index contributed by atoms with van der Waals surface area (Å²) in [5.41, 5.74) is 1.19. The van der Waals surface area contributed by atoms with Crippen LogP contribution in [-0.4, -0.2) is 45.3 Å². The number of quaternary nitrogens is 1. The van der Waals surface area contributed by atoms with Crippen molar-refractivity contribution in [2.75, 3.05) is 38.2 Å². The topological polar surface area (TPSA) is 57.0 Å². The van der Waals surface area contributed by atoms with E-state index in [1.807, 2.05) is 19.1 Å². The first-order valence-corrected chi connectivity index (χ1v) is 7.03. The van der Waals surface area contributed by atoms with Gasteiger partial charge >= 0.3 is 0 Å². The van der Waals surface area contributed by atoms with Crippen molar-refractivity contribution >= 4 is 11.7 Å². The van der Waals surface area contributed by atoms with E-state index in [1.54, 1.807) is 7.11 Å². The van der Waals surface area contributed by atoms with E-state index in [4.69, 9.17) is 4.74 Å². The molecule has 0 aliphatic carbocycles. The zero-order valence-electron chi connectivity index (χ0n) is 12.1. The average molecular weight is 278 g/mol. The molecule has 0 radical (unpaired) electrons. The summed E-state index contributed by atoms with van der Waals surface area (Å²) in [7, 11) is 1.66. The quantitative estimate of drug-likeness (QED) is 0.745. The number of carbonyl (C=O) groups is 1. The van der Waals surface area contributed by atoms with Crippen molar-refractivity contribution in [1.82, 2.24) is 0 Å². The van der Waals surface area contributed by atoms with Gasteiger partial charge in [0.2, 0.25) is 0 Å². The summed E-state index contributed by atoms with van der Waals surface area (Å²) >= 11 is 0. The van der Waals surface area contributed by atoms with Crippen LogP contribution in [0.25, 0.3) is 0 Å². The molecule has 0 spiro atoms. The van der Waals surface area contributed by atoms with E-state index >= 15 is 0 Å². The number of nitrogens with one attached hydrogen (secondary N) is 1. The van der Waals surface area contributed by atoms with Crippen molar-refractivity contribution in [3.63, 3.8) is 0 Å². The Morgan fingerprint density at radius 3 is 2.45 bits per heavy atom. The number of hydrogen-bond donors (Lipinski definition) is 1. The van der Waals surface area contributed by atoms with Crippen LogP contribution in [0.3, 0.4) is 0 Å². The number of ether oxygens (including phenoxy) is 1. The maximum Gasteiger partial charge on any atom is 0.119 e. The van der Waals surface area contributed by atoms with Gasteiger partial charge in [-0.2, -0.15) is 0 Å². The zero-order chi connectivity index (χ0) is 14.5. The van der Waals surface area contributed by atoms with Gasteiger partial charge in [0, 0.05) is 18.1 Å². The Bertz CT molecular complexity index is 439. The SMILES string of the molecule is COc1ccc(N2CC[NH+]([C@@H](C)CC(=O)[O-])CC2)cc1. The number of carbonyl (C=O) groups excluding carboxylic acids is 1. The number of anilines is 1. The Morgan fingerprint density at radius 1 is 1.35 bits per heavy atom. The molecular weight excluding hydrogens is 256 g/mol. The summed E-state index contributed by atoms with van der Waals surface area (Å²) in [5.74, 6) is -0.0943. The van der Waals surface area contributed by atoms with Gasteiger partial charge in [-0.05, 0) is 31.2 Å². The fraction of sp³-hybridized carbons (Fsp3) is 0.533. The fourth-order valence-electron chi connectivity index (χ4n) is 2.73. The molecule has 0 aromatic heterocycles. The van der Waals surface area contributed by atoms with Crippen LogP contribution in [0.2, 0.25) is 0 Å². The highest BCUT2D eigenvalue weighted by atomic mass is 16.5. The second-order valence-corrected chi connectivity index (χ2v) is 5.32. The largest absolute Gasteiger partial charge is 0.550 e. The average Bonchev–Trinajstić information content (AvgIpc) is 2.47. The summed E-state index contributed by atoms with van der Waals surface area (Å²) in [6, 6.07) is 8.18. The molecule has 1 aliphatic rings. The number of benzene rings is 1. The van der Waals surface area contributed by atoms with Crippen molar-refractivity contribution in [3.05, 3.63) is 24.3 Å². The summed E-state index contributed by atoms with van der Waals surface area (Å²) in [6.07, 6.45) is 0.137. The number of nitrogens with zero attached hydrogens (tertiary/aromatic N) is 1. The summed E-state index contributed by atoms with van der Waals surface area (Å²) in [4.78, 5) is 14.3. The molecule has 5 heteroatoms. The molecule has 1 aromatic rings. The predicted octanol–water partition coefficient (Wildman–Crippen LogP) is -1.07. The third kappa shape index (κ3) is 3.63. The van der Waals surface area contributed by atoms with Crippen molar-refractivity contribution in [2.45, 2.75) is 19.4 Å². The molecule has 0 saturated carbocycles. The van der Waals surface area contributed by atoms with Gasteiger partial charge in [0.1, 0.15) is 5.75 Å². The smallest absolute Gasteiger partial charge is 0.119 e. The molecule has 2 rings (SSSR count). The van der Waals surface area contributed by atoms with Crippen molar-refractivity contribution in [2.24, 2.45) is 0 Å². The van der Waals surface area contributed by atoms with Crippen LogP contribution in [-0.2, 0) is 4.79 Å². The van der Waals surface area contributed by atoms with Gasteiger partial charge in [-0.3, -0.25) is 0 Å². The first kappa shape index (κ1) is 14.7. The minimum atomic E-state index is -0.956. The van der Waals surface area contributed by atoms with E-state index < -0.39 is 5.97 Å². The summed E-state index contributed by atoms with van der Waals surface area (Å²) in [5, 5.41) is 10.7. The van der Waals surface area contributed by atoms with Gasteiger partial charge in [-0.15, -0.1) is 0 Å². The molecule has 1 aliphatic heterocycles. The molecule has 0 bridgehead atoms. The molecule has 1 atom stereocenters. The Hall–Kier alpha value is -1.75. The van der Waals surface area contributed by atoms with Gasteiger partial charge < -0.3 is 24.4 Å². The fourth-order valence-corrected chi connectivity index (χ4v) is 2.73. The zero-order valence-corrected chi connectivity index (χ0v) is 12.1. The predicted molar refractivity (Wildman–Crippen MR) is 75.0 cm³/mol. The lowest BCUT2D eigenvalue weighted by molar-refractivity contribution is -0.923. The third-order valence-electron chi connectivity index (χ3n) is 4.01. The molecule has 110 valence electrons. The Balaban J connectivity index is 1.88. The minimum Gasteiger partial charge on any atom is -0.550 e. The van der Waals surface area contributed by atoms with Gasteiger partial charge in [0.15, 0.2) is 0 Å². The van der Waals surface area contributed by atoms with E-state index in [-0.39, 0.29) is 12.5 Å².